The van der Waals surface area contributed by atoms with Gasteiger partial charge in [-0.15, -0.1) is 10.1 Å². The number of carbonyl (C=O) groups excluding carboxylic acids is 2. The summed E-state index contributed by atoms with van der Waals surface area (Å²) < 4.78 is 20.2. The first-order valence-corrected chi connectivity index (χ1v) is 11.1. The Labute approximate surface area is 198 Å². The van der Waals surface area contributed by atoms with Gasteiger partial charge in [-0.1, -0.05) is 26.0 Å². The summed E-state index contributed by atoms with van der Waals surface area (Å²) in [7, 11) is 1.59. The lowest BCUT2D eigenvalue weighted by atomic mass is 9.99. The molecule has 2 N–H and O–H groups in total. The van der Waals surface area contributed by atoms with E-state index in [2.05, 4.69) is 36.7 Å². The van der Waals surface area contributed by atoms with E-state index in [4.69, 9.17) is 4.74 Å². The Kier molecular flexibility index (Phi) is 6.72. The molecule has 0 aliphatic carbocycles. The average Bonchev–Trinajstić information content (AvgIpc) is 3.14. The minimum absolute atomic E-state index is 0.273. The number of nitrogens with zero attached hydrogens (tertiary/aromatic N) is 1. The Morgan fingerprint density at radius 2 is 1.68 bits per heavy atom. The fraction of sp³-hybridized carbons (Fsp3) is 0.222. The molecule has 0 aromatic heterocycles. The first-order chi connectivity index (χ1) is 16.4. The van der Waals surface area contributed by atoms with E-state index < -0.39 is 23.8 Å². The molecule has 3 aromatic carbocycles. The van der Waals surface area contributed by atoms with Crippen molar-refractivity contribution in [3.05, 3.63) is 101 Å². The lowest BCUT2D eigenvalue weighted by Crippen LogP contribution is -2.42. The molecule has 6 nitrogen and oxygen atoms in total. The number of hydrogen-bond acceptors (Lipinski definition) is 3. The van der Waals surface area contributed by atoms with Crippen LogP contribution in [0.25, 0.3) is 0 Å². The lowest BCUT2D eigenvalue weighted by Gasteiger charge is -2.15. The molecule has 1 saturated heterocycles. The first kappa shape index (κ1) is 23.2. The van der Waals surface area contributed by atoms with Gasteiger partial charge in [0.05, 0.1) is 7.11 Å². The van der Waals surface area contributed by atoms with Gasteiger partial charge in [-0.25, -0.2) is 4.39 Å². The lowest BCUT2D eigenvalue weighted by molar-refractivity contribution is -0.596. The van der Waals surface area contributed by atoms with Gasteiger partial charge in [-0.05, 0) is 72.1 Å². The summed E-state index contributed by atoms with van der Waals surface area (Å²) in [5.74, 6) is -0.130. The van der Waals surface area contributed by atoms with Crippen LogP contribution in [0.1, 0.15) is 52.9 Å². The van der Waals surface area contributed by atoms with Gasteiger partial charge < -0.3 is 10.1 Å². The smallest absolute Gasteiger partial charge is 0.304 e. The maximum Gasteiger partial charge on any atom is 0.304 e. The number of hydrazone groups is 1. The van der Waals surface area contributed by atoms with Gasteiger partial charge >= 0.3 is 5.91 Å². The highest BCUT2D eigenvalue weighted by Gasteiger charge is 2.47. The molecule has 1 fully saturated rings. The molecule has 4 rings (SSSR count). The highest BCUT2D eigenvalue weighted by molar-refractivity contribution is 5.98. The molecule has 7 heteroatoms. The molecular weight excluding hydrogens is 433 g/mol. The van der Waals surface area contributed by atoms with Crippen LogP contribution in [-0.4, -0.2) is 35.9 Å². The predicted octanol–water partition coefficient (Wildman–Crippen LogP) is 3.97. The summed E-state index contributed by atoms with van der Waals surface area (Å²) in [4.78, 5) is 25.8. The number of halogens is 1. The van der Waals surface area contributed by atoms with Gasteiger partial charge in [0.15, 0.2) is 6.04 Å². The zero-order chi connectivity index (χ0) is 24.2. The van der Waals surface area contributed by atoms with Crippen molar-refractivity contribution in [2.45, 2.75) is 31.8 Å². The normalized spacial score (nSPS) is 18.7. The van der Waals surface area contributed by atoms with Crippen LogP contribution < -0.4 is 15.5 Å². The molecule has 1 aliphatic rings. The molecule has 0 saturated carbocycles. The predicted molar refractivity (Wildman–Crippen MR) is 127 cm³/mol. The highest BCUT2D eigenvalue weighted by atomic mass is 19.1. The third-order valence-electron chi connectivity index (χ3n) is 5.88. The maximum atomic E-state index is 13.3. The number of nitrogens with one attached hydrogen (secondary N) is 2. The Bertz CT molecular complexity index is 1200. The first-order valence-electron chi connectivity index (χ1n) is 11.1. The van der Waals surface area contributed by atoms with Gasteiger partial charge in [-0.3, -0.25) is 9.59 Å². The third-order valence-corrected chi connectivity index (χ3v) is 5.88. The third kappa shape index (κ3) is 4.98. The minimum atomic E-state index is -0.864. The molecule has 2 amide bonds. The number of benzene rings is 3. The summed E-state index contributed by atoms with van der Waals surface area (Å²) in [5, 5.41) is 2.82. The summed E-state index contributed by atoms with van der Waals surface area (Å²) in [6, 6.07) is 19.3. The van der Waals surface area contributed by atoms with Crippen molar-refractivity contribution in [2.75, 3.05) is 7.11 Å². The number of hydrogen-bond donors (Lipinski definition) is 2. The van der Waals surface area contributed by atoms with Crippen LogP contribution in [0, 0.1) is 5.82 Å². The average molecular weight is 461 g/mol. The highest BCUT2D eigenvalue weighted by Crippen LogP contribution is 2.27. The molecule has 1 heterocycles. The van der Waals surface area contributed by atoms with Crippen molar-refractivity contribution < 1.29 is 23.4 Å². The molecular formula is C27H27FN3O3+. The van der Waals surface area contributed by atoms with Crippen molar-refractivity contribution in [1.29, 1.82) is 0 Å². The fourth-order valence-electron chi connectivity index (χ4n) is 3.93. The zero-order valence-electron chi connectivity index (χ0n) is 19.3. The quantitative estimate of drug-likeness (QED) is 0.547. The summed E-state index contributed by atoms with van der Waals surface area (Å²) in [6.45, 7) is 4.26. The van der Waals surface area contributed by atoms with E-state index in [0.29, 0.717) is 11.7 Å². The maximum absolute atomic E-state index is 13.3. The Morgan fingerprint density at radius 1 is 1.03 bits per heavy atom. The van der Waals surface area contributed by atoms with Crippen LogP contribution in [0.15, 0.2) is 72.8 Å². The van der Waals surface area contributed by atoms with Crippen LogP contribution >= 0.6 is 0 Å². The largest absolute Gasteiger partial charge is 0.497 e. The Balaban J connectivity index is 1.68. The topological polar surface area (TPSA) is 70.4 Å². The van der Waals surface area contributed by atoms with Crippen molar-refractivity contribution in [3.8, 4) is 5.75 Å². The van der Waals surface area contributed by atoms with Gasteiger partial charge in [0, 0.05) is 16.7 Å². The van der Waals surface area contributed by atoms with Gasteiger partial charge in [0.1, 0.15) is 11.6 Å². The summed E-state index contributed by atoms with van der Waals surface area (Å²) in [5.41, 5.74) is 6.09. The zero-order valence-corrected chi connectivity index (χ0v) is 19.3. The van der Waals surface area contributed by atoms with Gasteiger partial charge in [0.25, 0.3) is 5.91 Å². The van der Waals surface area contributed by atoms with Crippen molar-refractivity contribution in [1.82, 2.24) is 10.7 Å². The molecule has 1 aliphatic heterocycles. The molecule has 34 heavy (non-hydrogen) atoms. The van der Waals surface area contributed by atoms with E-state index in [1.165, 1.54) is 29.8 Å². The standard InChI is InChI=1S/C27H26FN3O3/c1-17(2)19-6-4-18(5-7-19)16-31-25(20-10-14-23(34-3)15-11-20)24(27(33)30-31)29-26(32)21-8-12-22(28)13-9-21/h4-17,24-25H,1-3H3,(H-,29,30,32,33)/p+1/b31-16-/t24-,25+/m1/s1. The second-order valence-corrected chi connectivity index (χ2v) is 8.51. The van der Waals surface area contributed by atoms with Crippen molar-refractivity contribution in [3.63, 3.8) is 0 Å². The van der Waals surface area contributed by atoms with E-state index in [1.807, 2.05) is 42.6 Å². The van der Waals surface area contributed by atoms with Crippen LogP contribution in [-0.2, 0) is 4.79 Å². The molecule has 2 atom stereocenters. The fourth-order valence-corrected chi connectivity index (χ4v) is 3.93. The second-order valence-electron chi connectivity index (χ2n) is 8.51. The molecule has 0 unspecified atom stereocenters. The molecule has 0 bridgehead atoms. The van der Waals surface area contributed by atoms with E-state index in [-0.39, 0.29) is 11.5 Å². The number of ether oxygens (including phenoxy) is 1. The van der Waals surface area contributed by atoms with Crippen molar-refractivity contribution in [2.24, 2.45) is 0 Å². The van der Waals surface area contributed by atoms with E-state index in [1.54, 1.807) is 11.8 Å². The minimum Gasteiger partial charge on any atom is -0.497 e. The summed E-state index contributed by atoms with van der Waals surface area (Å²) >= 11 is 0. The number of rotatable bonds is 6. The molecule has 3 aromatic rings. The Morgan fingerprint density at radius 3 is 2.26 bits per heavy atom. The molecule has 174 valence electrons. The van der Waals surface area contributed by atoms with Gasteiger partial charge in [0.2, 0.25) is 12.3 Å². The molecule has 0 spiro atoms. The number of hydrazine groups is 1. The van der Waals surface area contributed by atoms with Crippen LogP contribution in [0.5, 0.6) is 5.75 Å². The van der Waals surface area contributed by atoms with Crippen molar-refractivity contribution >= 4 is 18.0 Å². The van der Waals surface area contributed by atoms with Gasteiger partial charge in [-0.2, -0.15) is 0 Å². The summed E-state index contributed by atoms with van der Waals surface area (Å²) in [6.07, 6.45) is 1.85. The van der Waals surface area contributed by atoms with Crippen LogP contribution in [0.4, 0.5) is 4.39 Å². The number of methoxy groups -OCH3 is 1. The number of carbonyl (C=O) groups is 2. The SMILES string of the molecule is COc1ccc([C@H]2[C@@H](NC(=O)c3ccc(F)cc3)C(=O)N/[N+]2=C\c2ccc(C(C)C)cc2)cc1. The van der Waals surface area contributed by atoms with E-state index in [9.17, 15) is 14.0 Å². The second kappa shape index (κ2) is 9.87. The number of amides is 2. The van der Waals surface area contributed by atoms with E-state index in [0.717, 1.165) is 11.1 Å². The van der Waals surface area contributed by atoms with E-state index >= 15 is 0 Å². The monoisotopic (exact) mass is 460 g/mol. The van der Waals surface area contributed by atoms with Crippen LogP contribution in [0.2, 0.25) is 0 Å². The Hall–Kier alpha value is -4.00. The molecule has 0 radical (unpaired) electrons. The van der Waals surface area contributed by atoms with Crippen LogP contribution in [0.3, 0.4) is 0 Å².